The third-order valence-corrected chi connectivity index (χ3v) is 7.70. The van der Waals surface area contributed by atoms with Gasteiger partial charge in [-0.1, -0.05) is 82.6 Å². The first-order valence-corrected chi connectivity index (χ1v) is 15.7. The summed E-state index contributed by atoms with van der Waals surface area (Å²) in [5, 5.41) is 0.437. The predicted octanol–water partition coefficient (Wildman–Crippen LogP) is 7.25. The maximum absolute atomic E-state index is 13.8. The number of nitrogens with zero attached hydrogens (tertiary/aromatic N) is 2. The first-order chi connectivity index (χ1) is 20.9. The molecule has 3 rings (SSSR count). The van der Waals surface area contributed by atoms with E-state index < -0.39 is 0 Å². The topological polar surface area (TPSA) is 80.1 Å². The van der Waals surface area contributed by atoms with Gasteiger partial charge >= 0.3 is 0 Å². The number of amides is 2. The van der Waals surface area contributed by atoms with Crippen LogP contribution < -0.4 is 5.43 Å². The van der Waals surface area contributed by atoms with E-state index in [9.17, 15) is 18.8 Å². The molecule has 2 amide bonds. The Morgan fingerprint density at radius 1 is 0.814 bits per heavy atom. The van der Waals surface area contributed by atoms with Crippen LogP contribution in [0, 0.1) is 5.82 Å². The van der Waals surface area contributed by atoms with Gasteiger partial charge in [0.2, 0.25) is 11.8 Å². The largest absolute Gasteiger partial charge is 0.464 e. The van der Waals surface area contributed by atoms with E-state index in [1.165, 1.54) is 61.8 Å². The molecule has 0 N–H and O–H groups in total. The second kappa shape index (κ2) is 18.9. The third-order valence-electron chi connectivity index (χ3n) is 7.70. The van der Waals surface area contributed by atoms with Crippen molar-refractivity contribution in [1.82, 2.24) is 9.80 Å². The lowest BCUT2D eigenvalue weighted by atomic mass is 10.1. The summed E-state index contributed by atoms with van der Waals surface area (Å²) >= 11 is 0. The number of halogens is 1. The van der Waals surface area contributed by atoms with Gasteiger partial charge < -0.3 is 19.0 Å². The van der Waals surface area contributed by atoms with Gasteiger partial charge in [-0.2, -0.15) is 0 Å². The standard InChI is InChI=1S/C35H47FN2O5/c1-3-4-5-6-7-8-9-10-11-17-33(39)37(22-14-23-42-2)26-34(40)38(24-28-18-20-30(36)21-19-28)25-29-27-43-32-16-13-12-15-31(32)35(29)41/h12-13,15-16,18-21,27H,3-11,14,17,22-26H2,1-2H3. The normalized spacial score (nSPS) is 11.1. The molecule has 0 saturated heterocycles. The van der Waals surface area contributed by atoms with Crippen molar-refractivity contribution in [2.75, 3.05) is 26.8 Å². The number of methoxy groups -OCH3 is 1. The molecule has 0 radical (unpaired) electrons. The fourth-order valence-corrected chi connectivity index (χ4v) is 5.18. The fraction of sp³-hybridized carbons (Fsp3) is 0.514. The minimum Gasteiger partial charge on any atom is -0.464 e. The number of fused-ring (bicyclic) bond motifs is 1. The predicted molar refractivity (Wildman–Crippen MR) is 168 cm³/mol. The van der Waals surface area contributed by atoms with E-state index in [4.69, 9.17) is 9.15 Å². The highest BCUT2D eigenvalue weighted by Gasteiger charge is 2.23. The molecule has 234 valence electrons. The average molecular weight is 595 g/mol. The Morgan fingerprint density at radius 3 is 2.19 bits per heavy atom. The lowest BCUT2D eigenvalue weighted by Gasteiger charge is -2.28. The maximum atomic E-state index is 13.8. The lowest BCUT2D eigenvalue weighted by Crippen LogP contribution is -2.43. The molecule has 0 atom stereocenters. The molecular weight excluding hydrogens is 547 g/mol. The molecule has 7 nitrogen and oxygen atoms in total. The lowest BCUT2D eigenvalue weighted by molar-refractivity contribution is -0.141. The van der Waals surface area contributed by atoms with Crippen molar-refractivity contribution in [3.63, 3.8) is 0 Å². The minimum atomic E-state index is -0.372. The molecule has 0 spiro atoms. The summed E-state index contributed by atoms with van der Waals surface area (Å²) in [6, 6.07) is 12.9. The van der Waals surface area contributed by atoms with Crippen LogP contribution in [0.3, 0.4) is 0 Å². The number of carbonyl (C=O) groups excluding carboxylic acids is 2. The van der Waals surface area contributed by atoms with Crippen LogP contribution in [0.2, 0.25) is 0 Å². The number of para-hydroxylation sites is 1. The Bertz CT molecular complexity index is 1320. The Kier molecular flexibility index (Phi) is 14.9. The van der Waals surface area contributed by atoms with Gasteiger partial charge in [0.1, 0.15) is 11.4 Å². The average Bonchev–Trinajstić information content (AvgIpc) is 3.01. The fourth-order valence-electron chi connectivity index (χ4n) is 5.18. The first-order valence-electron chi connectivity index (χ1n) is 15.7. The summed E-state index contributed by atoms with van der Waals surface area (Å²) < 4.78 is 24.5. The number of unbranched alkanes of at least 4 members (excludes halogenated alkanes) is 8. The highest BCUT2D eigenvalue weighted by Crippen LogP contribution is 2.16. The highest BCUT2D eigenvalue weighted by molar-refractivity contribution is 5.85. The van der Waals surface area contributed by atoms with Crippen LogP contribution in [-0.4, -0.2) is 48.4 Å². The molecule has 2 aromatic carbocycles. The number of hydrogen-bond acceptors (Lipinski definition) is 5. The first kappa shape index (κ1) is 34.0. The molecule has 0 aliphatic heterocycles. The molecule has 3 aromatic rings. The van der Waals surface area contributed by atoms with E-state index in [0.717, 1.165) is 19.3 Å². The SMILES string of the molecule is CCCCCCCCCCCC(=O)N(CCCOC)CC(=O)N(Cc1ccc(F)cc1)Cc1coc2ccccc2c1=O. The van der Waals surface area contributed by atoms with Crippen LogP contribution in [0.15, 0.2) is 64.0 Å². The summed E-state index contributed by atoms with van der Waals surface area (Å²) in [4.78, 5) is 43.4. The number of ether oxygens (including phenoxy) is 1. The third kappa shape index (κ3) is 11.6. The Morgan fingerprint density at radius 2 is 1.49 bits per heavy atom. The van der Waals surface area contributed by atoms with Gasteiger partial charge in [0.25, 0.3) is 0 Å². The highest BCUT2D eigenvalue weighted by atomic mass is 19.1. The summed E-state index contributed by atoms with van der Waals surface area (Å²) in [5.74, 6) is -0.725. The zero-order valence-corrected chi connectivity index (χ0v) is 25.8. The molecule has 0 aliphatic rings. The number of hydrogen-bond donors (Lipinski definition) is 0. The Labute approximate surface area is 255 Å². The molecule has 0 unspecified atom stereocenters. The second-order valence-electron chi connectivity index (χ2n) is 11.2. The number of benzene rings is 2. The van der Waals surface area contributed by atoms with Crippen molar-refractivity contribution in [3.05, 3.63) is 82.0 Å². The Hall–Kier alpha value is -3.52. The van der Waals surface area contributed by atoms with Gasteiger partial charge in [-0.25, -0.2) is 4.39 Å². The zero-order valence-electron chi connectivity index (χ0n) is 25.8. The molecule has 8 heteroatoms. The summed E-state index contributed by atoms with van der Waals surface area (Å²) in [6.45, 7) is 3.15. The molecule has 0 saturated carbocycles. The summed E-state index contributed by atoms with van der Waals surface area (Å²) in [6.07, 6.45) is 12.8. The minimum absolute atomic E-state index is 0.00172. The monoisotopic (exact) mass is 594 g/mol. The number of rotatable bonds is 20. The van der Waals surface area contributed by atoms with Crippen molar-refractivity contribution in [2.45, 2.75) is 90.6 Å². The van der Waals surface area contributed by atoms with Crippen molar-refractivity contribution in [3.8, 4) is 0 Å². The van der Waals surface area contributed by atoms with Crippen LogP contribution in [0.25, 0.3) is 11.0 Å². The molecule has 0 fully saturated rings. The smallest absolute Gasteiger partial charge is 0.242 e. The second-order valence-corrected chi connectivity index (χ2v) is 11.2. The van der Waals surface area contributed by atoms with E-state index in [1.807, 2.05) is 0 Å². The van der Waals surface area contributed by atoms with Crippen LogP contribution in [0.4, 0.5) is 4.39 Å². The van der Waals surface area contributed by atoms with Crippen LogP contribution in [0.1, 0.15) is 88.7 Å². The van der Waals surface area contributed by atoms with Gasteiger partial charge in [-0.05, 0) is 42.7 Å². The van der Waals surface area contributed by atoms with Gasteiger partial charge in [-0.3, -0.25) is 14.4 Å². The van der Waals surface area contributed by atoms with E-state index in [0.29, 0.717) is 48.1 Å². The molecule has 1 heterocycles. The molecular formula is C35H47FN2O5. The molecule has 1 aromatic heterocycles. The van der Waals surface area contributed by atoms with Crippen molar-refractivity contribution in [2.24, 2.45) is 0 Å². The van der Waals surface area contributed by atoms with E-state index in [-0.39, 0.29) is 42.7 Å². The quantitative estimate of drug-likeness (QED) is 0.129. The van der Waals surface area contributed by atoms with Crippen molar-refractivity contribution >= 4 is 22.8 Å². The van der Waals surface area contributed by atoms with Gasteiger partial charge in [0.15, 0.2) is 5.43 Å². The van der Waals surface area contributed by atoms with E-state index in [1.54, 1.807) is 48.4 Å². The van der Waals surface area contributed by atoms with Crippen molar-refractivity contribution in [1.29, 1.82) is 0 Å². The molecule has 0 aliphatic carbocycles. The summed E-state index contributed by atoms with van der Waals surface area (Å²) in [5.41, 5.74) is 1.31. The zero-order chi connectivity index (χ0) is 30.9. The van der Waals surface area contributed by atoms with Gasteiger partial charge in [-0.15, -0.1) is 0 Å². The van der Waals surface area contributed by atoms with Gasteiger partial charge in [0.05, 0.1) is 30.3 Å². The van der Waals surface area contributed by atoms with Gasteiger partial charge in [0, 0.05) is 33.2 Å². The van der Waals surface area contributed by atoms with Crippen LogP contribution in [0.5, 0.6) is 0 Å². The number of carbonyl (C=O) groups is 2. The van der Waals surface area contributed by atoms with E-state index >= 15 is 0 Å². The van der Waals surface area contributed by atoms with Crippen molar-refractivity contribution < 1.29 is 23.1 Å². The Balaban J connectivity index is 1.68. The molecule has 43 heavy (non-hydrogen) atoms. The van der Waals surface area contributed by atoms with Crippen LogP contribution >= 0.6 is 0 Å². The summed E-state index contributed by atoms with van der Waals surface area (Å²) in [7, 11) is 1.61. The van der Waals surface area contributed by atoms with E-state index in [2.05, 4.69) is 6.92 Å². The van der Waals surface area contributed by atoms with Crippen LogP contribution in [-0.2, 0) is 27.4 Å². The maximum Gasteiger partial charge on any atom is 0.242 e. The molecule has 0 bridgehead atoms.